The first-order valence-corrected chi connectivity index (χ1v) is 11.5. The number of benzene rings is 1. The topological polar surface area (TPSA) is 0 Å². The van der Waals surface area contributed by atoms with Gasteiger partial charge in [-0.05, 0) is 42.9 Å². The maximum Gasteiger partial charge on any atom is 0.0771 e. The van der Waals surface area contributed by atoms with Crippen LogP contribution in [0.15, 0.2) is 35.6 Å². The summed E-state index contributed by atoms with van der Waals surface area (Å²) in [7, 11) is -1.21. The maximum atomic E-state index is 2.53. The minimum Gasteiger partial charge on any atom is -0.0775 e. The summed E-state index contributed by atoms with van der Waals surface area (Å²) in [4.78, 5) is 0. The van der Waals surface area contributed by atoms with Crippen molar-refractivity contribution < 1.29 is 0 Å². The third kappa shape index (κ3) is 3.08. The lowest BCUT2D eigenvalue weighted by molar-refractivity contribution is 0.445. The van der Waals surface area contributed by atoms with Gasteiger partial charge in [-0.25, -0.2) is 0 Å². The fraction of sp³-hybridized carbons (Fsp3) is 0.500. The van der Waals surface area contributed by atoms with Crippen LogP contribution >= 0.6 is 0 Å². The lowest BCUT2D eigenvalue weighted by Crippen LogP contribution is -2.28. The first-order chi connectivity index (χ1) is 9.53. The van der Waals surface area contributed by atoms with Crippen LogP contribution in [0.25, 0.3) is 0 Å². The van der Waals surface area contributed by atoms with Gasteiger partial charge in [0.05, 0.1) is 8.07 Å². The predicted molar refractivity (Wildman–Crippen MR) is 97.7 cm³/mol. The molecule has 0 amide bonds. The minimum atomic E-state index is -1.21. The zero-order valence-corrected chi connectivity index (χ0v) is 16.0. The first kappa shape index (κ1) is 16.3. The van der Waals surface area contributed by atoms with E-state index in [-0.39, 0.29) is 5.41 Å². The summed E-state index contributed by atoms with van der Waals surface area (Å²) < 4.78 is 0. The molecule has 0 aromatic heterocycles. The Balaban J connectivity index is 2.46. The molecule has 21 heavy (non-hydrogen) atoms. The van der Waals surface area contributed by atoms with Gasteiger partial charge in [0, 0.05) is 5.92 Å². The van der Waals surface area contributed by atoms with Crippen molar-refractivity contribution in [3.63, 3.8) is 0 Å². The van der Waals surface area contributed by atoms with E-state index in [9.17, 15) is 0 Å². The number of rotatable bonds is 3. The van der Waals surface area contributed by atoms with Crippen molar-refractivity contribution in [2.75, 3.05) is 0 Å². The second-order valence-corrected chi connectivity index (χ2v) is 13.3. The Morgan fingerprint density at radius 1 is 1.00 bits per heavy atom. The van der Waals surface area contributed by atoms with Crippen LogP contribution in [-0.2, 0) is 5.41 Å². The molecule has 0 spiro atoms. The molecule has 2 rings (SSSR count). The molecule has 0 aliphatic heterocycles. The smallest absolute Gasteiger partial charge is 0.0771 e. The highest BCUT2D eigenvalue weighted by atomic mass is 28.3. The van der Waals surface area contributed by atoms with Gasteiger partial charge in [-0.15, -0.1) is 0 Å². The van der Waals surface area contributed by atoms with Crippen molar-refractivity contribution in [2.24, 2.45) is 5.92 Å². The number of hydrogen-bond donors (Lipinski definition) is 0. The molecule has 0 bridgehead atoms. The van der Waals surface area contributed by atoms with Gasteiger partial charge in [-0.1, -0.05) is 74.6 Å². The molecule has 0 heterocycles. The standard InChI is InChI=1S/C20H30Si/c1-14-11-15(2)16(3)19(12-14)20(4,5)17-9-10-18(13-17)21(6,7)8/h9-13,17H,1-8H3. The fourth-order valence-corrected chi connectivity index (χ4v) is 4.63. The van der Waals surface area contributed by atoms with Crippen LogP contribution in [0.1, 0.15) is 36.1 Å². The Labute approximate surface area is 132 Å². The molecule has 0 radical (unpaired) electrons. The van der Waals surface area contributed by atoms with E-state index >= 15 is 0 Å². The van der Waals surface area contributed by atoms with E-state index < -0.39 is 8.07 Å². The van der Waals surface area contributed by atoms with E-state index in [0.717, 1.165) is 0 Å². The number of allylic oxidation sites excluding steroid dienone is 4. The highest BCUT2D eigenvalue weighted by Gasteiger charge is 2.34. The van der Waals surface area contributed by atoms with Crippen LogP contribution in [0.5, 0.6) is 0 Å². The van der Waals surface area contributed by atoms with E-state index in [4.69, 9.17) is 0 Å². The largest absolute Gasteiger partial charge is 0.0775 e. The van der Waals surface area contributed by atoms with Crippen LogP contribution in [0.2, 0.25) is 19.6 Å². The summed E-state index contributed by atoms with van der Waals surface area (Å²) in [5.74, 6) is 0.513. The molecule has 1 aliphatic carbocycles. The molecular weight excluding hydrogens is 268 g/mol. The van der Waals surface area contributed by atoms with Crippen molar-refractivity contribution >= 4 is 8.07 Å². The zero-order chi connectivity index (χ0) is 16.0. The van der Waals surface area contributed by atoms with Gasteiger partial charge in [0.1, 0.15) is 0 Å². The maximum absolute atomic E-state index is 2.53. The van der Waals surface area contributed by atoms with Crippen LogP contribution < -0.4 is 0 Å². The van der Waals surface area contributed by atoms with Crippen molar-refractivity contribution in [3.05, 3.63) is 57.8 Å². The summed E-state index contributed by atoms with van der Waals surface area (Å²) >= 11 is 0. The number of aryl methyl sites for hydroxylation is 2. The molecule has 1 atom stereocenters. The molecular formula is C20H30Si. The fourth-order valence-electron chi connectivity index (χ4n) is 3.35. The summed E-state index contributed by atoms with van der Waals surface area (Å²) in [5, 5.41) is 1.60. The Morgan fingerprint density at radius 3 is 2.14 bits per heavy atom. The van der Waals surface area contributed by atoms with Gasteiger partial charge in [-0.2, -0.15) is 0 Å². The van der Waals surface area contributed by atoms with E-state index in [0.29, 0.717) is 5.92 Å². The van der Waals surface area contributed by atoms with Crippen LogP contribution in [-0.4, -0.2) is 8.07 Å². The highest BCUT2D eigenvalue weighted by Crippen LogP contribution is 2.40. The second-order valence-electron chi connectivity index (χ2n) is 8.23. The van der Waals surface area contributed by atoms with Crippen LogP contribution in [0.3, 0.4) is 0 Å². The highest BCUT2D eigenvalue weighted by molar-refractivity contribution is 6.83. The van der Waals surface area contributed by atoms with Gasteiger partial charge in [0.15, 0.2) is 0 Å². The molecule has 0 saturated carbocycles. The summed E-state index contributed by atoms with van der Waals surface area (Å²) in [5.41, 5.74) is 5.89. The molecule has 1 aliphatic rings. The molecule has 1 aromatic rings. The van der Waals surface area contributed by atoms with Crippen molar-refractivity contribution in [1.29, 1.82) is 0 Å². The van der Waals surface area contributed by atoms with Gasteiger partial charge >= 0.3 is 0 Å². The molecule has 0 fully saturated rings. The SMILES string of the molecule is Cc1cc(C)c(C)c(C(C)(C)C2C=CC([Si](C)(C)C)=C2)c1. The van der Waals surface area contributed by atoms with Gasteiger partial charge in [0.25, 0.3) is 0 Å². The van der Waals surface area contributed by atoms with E-state index in [2.05, 4.69) is 84.6 Å². The lowest BCUT2D eigenvalue weighted by Gasteiger charge is -2.33. The Hall–Kier alpha value is -1.08. The van der Waals surface area contributed by atoms with Gasteiger partial charge in [-0.3, -0.25) is 0 Å². The molecule has 1 heteroatoms. The van der Waals surface area contributed by atoms with Crippen molar-refractivity contribution in [3.8, 4) is 0 Å². The Bertz CT molecular complexity index is 609. The molecule has 0 saturated heterocycles. The second kappa shape index (κ2) is 5.28. The van der Waals surface area contributed by atoms with E-state index in [1.807, 2.05) is 0 Å². The average molecular weight is 299 g/mol. The van der Waals surface area contributed by atoms with Gasteiger partial charge < -0.3 is 0 Å². The third-order valence-corrected chi connectivity index (χ3v) is 7.11. The number of hydrogen-bond acceptors (Lipinski definition) is 0. The zero-order valence-electron chi connectivity index (χ0n) is 15.0. The Morgan fingerprint density at radius 2 is 1.62 bits per heavy atom. The predicted octanol–water partition coefficient (Wildman–Crippen LogP) is 5.88. The van der Waals surface area contributed by atoms with Crippen molar-refractivity contribution in [1.82, 2.24) is 0 Å². The summed E-state index contributed by atoms with van der Waals surface area (Å²) in [6, 6.07) is 4.68. The average Bonchev–Trinajstić information content (AvgIpc) is 2.83. The van der Waals surface area contributed by atoms with Crippen molar-refractivity contribution in [2.45, 2.75) is 59.7 Å². The summed E-state index contributed by atoms with van der Waals surface area (Å²) in [6.07, 6.45) is 7.34. The van der Waals surface area contributed by atoms with E-state index in [1.54, 1.807) is 5.20 Å². The monoisotopic (exact) mass is 298 g/mol. The third-order valence-electron chi connectivity index (χ3n) is 5.05. The molecule has 0 nitrogen and oxygen atoms in total. The normalized spacial score (nSPS) is 19.0. The first-order valence-electron chi connectivity index (χ1n) is 8.02. The van der Waals surface area contributed by atoms with Crippen LogP contribution in [0, 0.1) is 26.7 Å². The molecule has 0 N–H and O–H groups in total. The minimum absolute atomic E-state index is 0.152. The molecule has 114 valence electrons. The van der Waals surface area contributed by atoms with Gasteiger partial charge in [0.2, 0.25) is 0 Å². The van der Waals surface area contributed by atoms with Crippen LogP contribution in [0.4, 0.5) is 0 Å². The molecule has 1 aromatic carbocycles. The quantitative estimate of drug-likeness (QED) is 0.611. The summed E-state index contributed by atoms with van der Waals surface area (Å²) in [6.45, 7) is 18.8. The van der Waals surface area contributed by atoms with E-state index in [1.165, 1.54) is 22.3 Å². The lowest BCUT2D eigenvalue weighted by atomic mass is 9.71. The molecule has 1 unspecified atom stereocenters. The Kier molecular flexibility index (Phi) is 4.09.